The molecular weight excluding hydrogens is 720 g/mol. The Bertz CT molecular complexity index is 1670. The van der Waals surface area contributed by atoms with Crippen LogP contribution in [0.4, 0.5) is 21.0 Å². The van der Waals surface area contributed by atoms with Crippen molar-refractivity contribution in [2.24, 2.45) is 0 Å². The number of nitrogen functional groups attached to an aromatic ring is 2. The predicted molar refractivity (Wildman–Crippen MR) is 201 cm³/mol. The molecule has 0 atom stereocenters. The number of hydrogen-bond acceptors (Lipinski definition) is 10. The van der Waals surface area contributed by atoms with Gasteiger partial charge in [-0.2, -0.15) is 0 Å². The molecule has 0 unspecified atom stereocenters. The van der Waals surface area contributed by atoms with Crippen LogP contribution < -0.4 is 30.4 Å². The summed E-state index contributed by atoms with van der Waals surface area (Å²) in [6.45, 7) is 19.8. The third kappa shape index (κ3) is 8.91. The first kappa shape index (κ1) is 38.2. The van der Waals surface area contributed by atoms with Crippen molar-refractivity contribution in [2.45, 2.75) is 91.8 Å². The van der Waals surface area contributed by atoms with Gasteiger partial charge in [0.15, 0.2) is 23.0 Å². The smallest absolute Gasteiger partial charge is 0.410 e. The molecule has 1 fully saturated rings. The highest BCUT2D eigenvalue weighted by Gasteiger charge is 2.33. The number of likely N-dealkylation sites (tertiary alicyclic amines) is 1. The van der Waals surface area contributed by atoms with E-state index < -0.39 is 11.2 Å². The maximum atomic E-state index is 12.3. The molecule has 0 aliphatic carbocycles. The average molecular weight is 774 g/mol. The number of ether oxygens (including phenoxy) is 6. The predicted octanol–water partition coefficient (Wildman–Crippen LogP) is 7.60. The van der Waals surface area contributed by atoms with Gasteiger partial charge in [-0.3, -0.25) is 0 Å². The number of rotatable bonds is 2. The average Bonchev–Trinajstić information content (AvgIpc) is 3.07. The van der Waals surface area contributed by atoms with Crippen molar-refractivity contribution in [1.82, 2.24) is 9.80 Å². The molecule has 4 aliphatic heterocycles. The second kappa shape index (κ2) is 15.3. The lowest BCUT2D eigenvalue weighted by atomic mass is 9.85. The van der Waals surface area contributed by atoms with Gasteiger partial charge in [0.05, 0.1) is 11.4 Å². The number of benzene rings is 2. The number of amides is 2. The molecule has 0 radical (unpaired) electrons. The number of fused-ring (bicyclic) bond motifs is 2. The lowest BCUT2D eigenvalue weighted by molar-refractivity contribution is 0.0202. The summed E-state index contributed by atoms with van der Waals surface area (Å²) in [5.74, 6) is 3.08. The van der Waals surface area contributed by atoms with Crippen LogP contribution in [0.3, 0.4) is 0 Å². The van der Waals surface area contributed by atoms with Gasteiger partial charge < -0.3 is 49.7 Å². The Labute approximate surface area is 309 Å². The van der Waals surface area contributed by atoms with Crippen LogP contribution in [0, 0.1) is 13.8 Å². The largest absolute Gasteiger partial charge is 0.486 e. The van der Waals surface area contributed by atoms with Crippen LogP contribution in [-0.4, -0.2) is 85.8 Å². The number of nitrogens with two attached hydrogens (primary N) is 2. The fourth-order valence-corrected chi connectivity index (χ4v) is 7.11. The molecule has 4 N–H and O–H groups in total. The van der Waals surface area contributed by atoms with Crippen molar-refractivity contribution in [2.75, 3.05) is 64.1 Å². The molecule has 280 valence electrons. The summed E-state index contributed by atoms with van der Waals surface area (Å²) in [5, 5.41) is 0. The molecule has 6 rings (SSSR count). The van der Waals surface area contributed by atoms with E-state index in [2.05, 4.69) is 28.9 Å². The molecule has 2 aromatic rings. The zero-order chi connectivity index (χ0) is 37.2. The first-order valence-corrected chi connectivity index (χ1v) is 18.5. The third-order valence-corrected chi connectivity index (χ3v) is 10.0. The lowest BCUT2D eigenvalue weighted by Gasteiger charge is -2.35. The lowest BCUT2D eigenvalue weighted by Crippen LogP contribution is -2.41. The summed E-state index contributed by atoms with van der Waals surface area (Å²) in [7, 11) is 0. The number of aryl methyl sites for hydroxylation is 1. The summed E-state index contributed by atoms with van der Waals surface area (Å²) in [4.78, 5) is 28.0. The molecule has 0 saturated carbocycles. The number of anilines is 2. The first-order chi connectivity index (χ1) is 23.9. The van der Waals surface area contributed by atoms with Crippen LogP contribution in [0.2, 0.25) is 0 Å². The van der Waals surface area contributed by atoms with Crippen molar-refractivity contribution in [3.8, 4) is 23.0 Å². The van der Waals surface area contributed by atoms with Crippen molar-refractivity contribution >= 4 is 45.1 Å². The minimum Gasteiger partial charge on any atom is -0.486 e. The van der Waals surface area contributed by atoms with Gasteiger partial charge in [-0.05, 0) is 119 Å². The fraction of sp³-hybridized carbons (Fsp3) is 0.579. The minimum absolute atomic E-state index is 0.235. The van der Waals surface area contributed by atoms with Crippen LogP contribution >= 0.6 is 15.9 Å². The van der Waals surface area contributed by atoms with Crippen LogP contribution in [0.25, 0.3) is 5.57 Å². The molecule has 4 aliphatic rings. The van der Waals surface area contributed by atoms with Crippen LogP contribution in [0.15, 0.2) is 16.6 Å². The van der Waals surface area contributed by atoms with Crippen molar-refractivity contribution < 1.29 is 38.0 Å². The van der Waals surface area contributed by atoms with E-state index in [9.17, 15) is 9.59 Å². The van der Waals surface area contributed by atoms with Crippen LogP contribution in [0.5, 0.6) is 23.0 Å². The Morgan fingerprint density at radius 3 is 1.86 bits per heavy atom. The number of hydrogen-bond donors (Lipinski definition) is 2. The van der Waals surface area contributed by atoms with Gasteiger partial charge in [-0.25, -0.2) is 9.59 Å². The number of nitrogens with zero attached hydrogens (tertiary/aromatic N) is 2. The first-order valence-electron chi connectivity index (χ1n) is 17.7. The monoisotopic (exact) mass is 772 g/mol. The molecule has 2 aromatic carbocycles. The zero-order valence-electron chi connectivity index (χ0n) is 31.2. The van der Waals surface area contributed by atoms with Gasteiger partial charge >= 0.3 is 12.2 Å². The standard InChI is InChI=1S/C19H25BrN2O4.C19H28N2O4/c1-11-13(16-17(15(21)14(11)20)25-10-9-24-16)12-5-7-22(8-6-12)18(23)26-19(2,3)4;1-12-11-14(20)16-17(24-10-9-23-16)15(12)13-5-7-21(8-6-13)18(22)25-19(2,3)4/h5H,6-10,21H2,1-4H3;11,13H,5-10,20H2,1-4H3. The highest BCUT2D eigenvalue weighted by Crippen LogP contribution is 2.49. The maximum Gasteiger partial charge on any atom is 0.410 e. The zero-order valence-corrected chi connectivity index (χ0v) is 32.8. The molecule has 2 amide bonds. The van der Waals surface area contributed by atoms with E-state index in [1.54, 1.807) is 9.80 Å². The number of carbonyl (C=O) groups is 2. The highest BCUT2D eigenvalue weighted by atomic mass is 79.9. The summed E-state index contributed by atoms with van der Waals surface area (Å²) in [6, 6.07) is 1.96. The molecule has 0 aromatic heterocycles. The fourth-order valence-electron chi connectivity index (χ4n) is 6.73. The van der Waals surface area contributed by atoms with E-state index in [-0.39, 0.29) is 12.2 Å². The number of carbonyl (C=O) groups excluding carboxylic acids is 2. The van der Waals surface area contributed by atoms with Gasteiger partial charge in [0.2, 0.25) is 0 Å². The van der Waals surface area contributed by atoms with Gasteiger partial charge in [0.1, 0.15) is 37.6 Å². The normalized spacial score (nSPS) is 17.5. The van der Waals surface area contributed by atoms with Gasteiger partial charge in [-0.15, -0.1) is 0 Å². The summed E-state index contributed by atoms with van der Waals surface area (Å²) >= 11 is 3.57. The molecular formula is C38H53BrN4O8. The molecule has 51 heavy (non-hydrogen) atoms. The Balaban J connectivity index is 0.000000198. The van der Waals surface area contributed by atoms with Crippen LogP contribution in [0.1, 0.15) is 89.0 Å². The Morgan fingerprint density at radius 2 is 1.31 bits per heavy atom. The van der Waals surface area contributed by atoms with Crippen molar-refractivity contribution in [1.29, 1.82) is 0 Å². The van der Waals surface area contributed by atoms with E-state index in [1.807, 2.05) is 54.5 Å². The van der Waals surface area contributed by atoms with E-state index in [0.29, 0.717) is 93.6 Å². The SMILES string of the molecule is Cc1c(Br)c(N)c2c(c1C1=CCN(C(=O)OC(C)(C)C)CC1)OCCO2.Cc1cc(N)c2c(c1C1CCN(C(=O)OC(C)(C)C)CC1)OCCO2. The van der Waals surface area contributed by atoms with Crippen LogP contribution in [-0.2, 0) is 9.47 Å². The number of piperidine rings is 1. The van der Waals surface area contributed by atoms with Gasteiger partial charge in [0, 0.05) is 41.8 Å². The summed E-state index contributed by atoms with van der Waals surface area (Å²) in [6.07, 6.45) is 3.99. The van der Waals surface area contributed by atoms with Gasteiger partial charge in [0.25, 0.3) is 0 Å². The van der Waals surface area contributed by atoms with E-state index in [1.165, 1.54) is 5.56 Å². The van der Waals surface area contributed by atoms with E-state index in [4.69, 9.17) is 39.9 Å². The third-order valence-electron chi connectivity index (χ3n) is 9.02. The van der Waals surface area contributed by atoms with Crippen molar-refractivity contribution in [3.05, 3.63) is 38.9 Å². The van der Waals surface area contributed by atoms with E-state index in [0.717, 1.165) is 45.3 Å². The Hall–Kier alpha value is -4.00. The molecule has 0 bridgehead atoms. The summed E-state index contributed by atoms with van der Waals surface area (Å²) in [5.41, 5.74) is 17.9. The molecule has 4 heterocycles. The maximum absolute atomic E-state index is 12.3. The molecule has 13 heteroatoms. The minimum atomic E-state index is -0.496. The topological polar surface area (TPSA) is 148 Å². The second-order valence-electron chi connectivity index (χ2n) is 15.3. The molecule has 0 spiro atoms. The van der Waals surface area contributed by atoms with Crippen molar-refractivity contribution in [3.63, 3.8) is 0 Å². The molecule has 12 nitrogen and oxygen atoms in total. The molecule has 1 saturated heterocycles. The summed E-state index contributed by atoms with van der Waals surface area (Å²) < 4.78 is 35.0. The number of halogens is 1. The van der Waals surface area contributed by atoms with Gasteiger partial charge in [-0.1, -0.05) is 6.08 Å². The Morgan fingerprint density at radius 1 is 0.784 bits per heavy atom. The Kier molecular flexibility index (Phi) is 11.5. The highest BCUT2D eigenvalue weighted by molar-refractivity contribution is 9.10. The quantitative estimate of drug-likeness (QED) is 0.293. The van der Waals surface area contributed by atoms with E-state index >= 15 is 0 Å². The second-order valence-corrected chi connectivity index (χ2v) is 16.1.